The van der Waals surface area contributed by atoms with Crippen molar-refractivity contribution < 1.29 is 0 Å². The molecule has 0 radical (unpaired) electrons. The molecular weight excluding hydrogens is 312 g/mol. The van der Waals surface area contributed by atoms with Crippen molar-refractivity contribution >= 4 is 15.9 Å². The highest BCUT2D eigenvalue weighted by Gasteiger charge is 2.37. The van der Waals surface area contributed by atoms with Gasteiger partial charge in [0.1, 0.15) is 0 Å². The number of rotatable bonds is 3. The molecule has 0 atom stereocenters. The Labute approximate surface area is 131 Å². The van der Waals surface area contributed by atoms with Crippen molar-refractivity contribution in [3.63, 3.8) is 0 Å². The smallest absolute Gasteiger partial charge is 0.0208 e. The van der Waals surface area contributed by atoms with Crippen LogP contribution >= 0.6 is 15.9 Å². The van der Waals surface area contributed by atoms with Crippen LogP contribution in [-0.2, 0) is 6.54 Å². The number of piperidine rings is 1. The molecule has 1 fully saturated rings. The van der Waals surface area contributed by atoms with E-state index in [1.165, 1.54) is 28.4 Å². The molecule has 112 valence electrons. The van der Waals surface area contributed by atoms with Gasteiger partial charge in [0.15, 0.2) is 0 Å². The predicted octanol–water partition coefficient (Wildman–Crippen LogP) is 4.16. The van der Waals surface area contributed by atoms with E-state index < -0.39 is 0 Å². The fourth-order valence-corrected chi connectivity index (χ4v) is 3.90. The van der Waals surface area contributed by atoms with Gasteiger partial charge in [-0.25, -0.2) is 0 Å². The maximum Gasteiger partial charge on any atom is 0.0208 e. The number of hydrogen-bond donors (Lipinski definition) is 2. The Hall–Kier alpha value is -0.380. The molecule has 0 spiro atoms. The SMILES string of the molecule is Cc1ccc(CNC2CC(C)(C)NC(C)(C)C2)cc1Br. The fourth-order valence-electron chi connectivity index (χ4n) is 3.48. The van der Waals surface area contributed by atoms with Gasteiger partial charge in [-0.2, -0.15) is 0 Å². The van der Waals surface area contributed by atoms with E-state index in [0.717, 1.165) is 6.54 Å². The van der Waals surface area contributed by atoms with E-state index in [1.54, 1.807) is 0 Å². The molecule has 1 saturated heterocycles. The molecule has 2 rings (SSSR count). The molecule has 2 N–H and O–H groups in total. The zero-order valence-corrected chi connectivity index (χ0v) is 14.9. The molecule has 0 aliphatic carbocycles. The molecule has 0 saturated carbocycles. The van der Waals surface area contributed by atoms with Crippen LogP contribution in [0, 0.1) is 6.92 Å². The average Bonchev–Trinajstić information content (AvgIpc) is 2.27. The highest BCUT2D eigenvalue weighted by atomic mass is 79.9. The summed E-state index contributed by atoms with van der Waals surface area (Å²) in [4.78, 5) is 0. The van der Waals surface area contributed by atoms with Crippen molar-refractivity contribution in [2.75, 3.05) is 0 Å². The third kappa shape index (κ3) is 4.31. The Morgan fingerprint density at radius 3 is 2.35 bits per heavy atom. The van der Waals surface area contributed by atoms with Crippen LogP contribution in [0.25, 0.3) is 0 Å². The first-order valence-electron chi connectivity index (χ1n) is 7.45. The van der Waals surface area contributed by atoms with Gasteiger partial charge in [-0.05, 0) is 64.7 Å². The first-order valence-corrected chi connectivity index (χ1v) is 8.24. The molecule has 0 amide bonds. The number of hydrogen-bond acceptors (Lipinski definition) is 2. The summed E-state index contributed by atoms with van der Waals surface area (Å²) in [6.45, 7) is 12.3. The number of nitrogens with one attached hydrogen (secondary N) is 2. The Bertz CT molecular complexity index is 464. The molecule has 1 heterocycles. The van der Waals surface area contributed by atoms with Gasteiger partial charge in [0.2, 0.25) is 0 Å². The number of halogens is 1. The van der Waals surface area contributed by atoms with Gasteiger partial charge in [0.25, 0.3) is 0 Å². The molecule has 0 aromatic heterocycles. The van der Waals surface area contributed by atoms with Crippen LogP contribution in [0.3, 0.4) is 0 Å². The zero-order chi connectivity index (χ0) is 15.0. The van der Waals surface area contributed by atoms with E-state index in [-0.39, 0.29) is 11.1 Å². The van der Waals surface area contributed by atoms with Crippen molar-refractivity contribution in [1.82, 2.24) is 10.6 Å². The lowest BCUT2D eigenvalue weighted by molar-refractivity contribution is 0.145. The molecule has 2 nitrogen and oxygen atoms in total. The molecule has 0 unspecified atom stereocenters. The molecular formula is C17H27BrN2. The standard InChI is InChI=1S/C17H27BrN2/c1-12-6-7-13(8-15(12)18)11-19-14-9-16(2,3)20-17(4,5)10-14/h6-8,14,19-20H,9-11H2,1-5H3. The summed E-state index contributed by atoms with van der Waals surface area (Å²) in [5, 5.41) is 7.46. The lowest BCUT2D eigenvalue weighted by Crippen LogP contribution is -2.61. The predicted molar refractivity (Wildman–Crippen MR) is 90.0 cm³/mol. The van der Waals surface area contributed by atoms with E-state index in [2.05, 4.69) is 79.4 Å². The Kier molecular flexibility index (Phi) is 4.63. The molecule has 3 heteroatoms. The third-order valence-electron chi connectivity index (χ3n) is 4.02. The summed E-state index contributed by atoms with van der Waals surface area (Å²) < 4.78 is 1.20. The molecule has 1 aliphatic heterocycles. The maximum absolute atomic E-state index is 3.73. The first-order chi connectivity index (χ1) is 9.17. The quantitative estimate of drug-likeness (QED) is 0.864. The van der Waals surface area contributed by atoms with Crippen LogP contribution in [-0.4, -0.2) is 17.1 Å². The van der Waals surface area contributed by atoms with Crippen LogP contribution in [0.5, 0.6) is 0 Å². The van der Waals surface area contributed by atoms with Crippen LogP contribution in [0.1, 0.15) is 51.7 Å². The van der Waals surface area contributed by atoms with Crippen molar-refractivity contribution in [1.29, 1.82) is 0 Å². The Morgan fingerprint density at radius 1 is 1.20 bits per heavy atom. The second-order valence-electron chi connectivity index (χ2n) is 7.46. The van der Waals surface area contributed by atoms with Crippen LogP contribution < -0.4 is 10.6 Å². The van der Waals surface area contributed by atoms with E-state index in [1.807, 2.05) is 0 Å². The molecule has 0 bridgehead atoms. The van der Waals surface area contributed by atoms with E-state index in [4.69, 9.17) is 0 Å². The van der Waals surface area contributed by atoms with E-state index in [9.17, 15) is 0 Å². The largest absolute Gasteiger partial charge is 0.310 e. The van der Waals surface area contributed by atoms with Gasteiger partial charge in [-0.15, -0.1) is 0 Å². The van der Waals surface area contributed by atoms with Crippen LogP contribution in [0.2, 0.25) is 0 Å². The monoisotopic (exact) mass is 338 g/mol. The van der Waals surface area contributed by atoms with Crippen molar-refractivity contribution in [2.24, 2.45) is 0 Å². The van der Waals surface area contributed by atoms with Crippen LogP contribution in [0.4, 0.5) is 0 Å². The number of aryl methyl sites for hydroxylation is 1. The molecule has 20 heavy (non-hydrogen) atoms. The van der Waals surface area contributed by atoms with E-state index >= 15 is 0 Å². The first kappa shape index (κ1) is 16.0. The summed E-state index contributed by atoms with van der Waals surface area (Å²) in [5.74, 6) is 0. The minimum Gasteiger partial charge on any atom is -0.310 e. The number of benzene rings is 1. The fraction of sp³-hybridized carbons (Fsp3) is 0.647. The van der Waals surface area contributed by atoms with Crippen molar-refractivity contribution in [2.45, 2.75) is 71.1 Å². The topological polar surface area (TPSA) is 24.1 Å². The van der Waals surface area contributed by atoms with Gasteiger partial charge in [-0.3, -0.25) is 0 Å². The lowest BCUT2D eigenvalue weighted by atomic mass is 9.79. The van der Waals surface area contributed by atoms with Crippen molar-refractivity contribution in [3.05, 3.63) is 33.8 Å². The highest BCUT2D eigenvalue weighted by molar-refractivity contribution is 9.10. The van der Waals surface area contributed by atoms with E-state index in [0.29, 0.717) is 6.04 Å². The van der Waals surface area contributed by atoms with Gasteiger partial charge in [0, 0.05) is 28.1 Å². The van der Waals surface area contributed by atoms with Gasteiger partial charge in [-0.1, -0.05) is 28.1 Å². The van der Waals surface area contributed by atoms with Gasteiger partial charge in [0.05, 0.1) is 0 Å². The van der Waals surface area contributed by atoms with Crippen molar-refractivity contribution in [3.8, 4) is 0 Å². The summed E-state index contributed by atoms with van der Waals surface area (Å²) in [5.41, 5.74) is 3.04. The minimum absolute atomic E-state index is 0.202. The summed E-state index contributed by atoms with van der Waals surface area (Å²) in [7, 11) is 0. The molecule has 1 aromatic rings. The maximum atomic E-state index is 3.73. The zero-order valence-electron chi connectivity index (χ0n) is 13.3. The normalized spacial score (nSPS) is 21.9. The molecule has 1 aromatic carbocycles. The summed E-state index contributed by atoms with van der Waals surface area (Å²) in [6.07, 6.45) is 2.34. The van der Waals surface area contributed by atoms with Gasteiger partial charge < -0.3 is 10.6 Å². The van der Waals surface area contributed by atoms with Gasteiger partial charge >= 0.3 is 0 Å². The molecule has 1 aliphatic rings. The second kappa shape index (κ2) is 5.78. The second-order valence-corrected chi connectivity index (χ2v) is 8.32. The average molecular weight is 339 g/mol. The third-order valence-corrected chi connectivity index (χ3v) is 4.88. The summed E-state index contributed by atoms with van der Waals surface area (Å²) >= 11 is 3.61. The summed E-state index contributed by atoms with van der Waals surface area (Å²) in [6, 6.07) is 7.18. The Balaban J connectivity index is 1.98. The van der Waals surface area contributed by atoms with Crippen LogP contribution in [0.15, 0.2) is 22.7 Å². The lowest BCUT2D eigenvalue weighted by Gasteiger charge is -2.46. The minimum atomic E-state index is 0.202. The Morgan fingerprint density at radius 2 is 1.80 bits per heavy atom. The highest BCUT2D eigenvalue weighted by Crippen LogP contribution is 2.28.